The van der Waals surface area contributed by atoms with E-state index in [0.29, 0.717) is 5.78 Å². The van der Waals surface area contributed by atoms with Crippen LogP contribution in [0.25, 0.3) is 0 Å². The Morgan fingerprint density at radius 2 is 1.42 bits per heavy atom. The maximum absolute atomic E-state index is 11.7. The van der Waals surface area contributed by atoms with Crippen molar-refractivity contribution in [1.82, 2.24) is 0 Å². The molecule has 3 heteroatoms. The fourth-order valence-corrected chi connectivity index (χ4v) is 2.72. The summed E-state index contributed by atoms with van der Waals surface area (Å²) in [6.45, 7) is 4.15. The van der Waals surface area contributed by atoms with E-state index in [-0.39, 0.29) is 10.5 Å². The number of rotatable bonds is 6. The summed E-state index contributed by atoms with van der Waals surface area (Å²) in [5.74, 6) is 0.417. The van der Waals surface area contributed by atoms with Gasteiger partial charge in [-0.05, 0) is 25.4 Å². The van der Waals surface area contributed by atoms with Gasteiger partial charge in [-0.15, -0.1) is 0 Å². The Morgan fingerprint density at radius 1 is 1.08 bits per heavy atom. The van der Waals surface area contributed by atoms with Gasteiger partial charge in [-0.2, -0.15) is 23.5 Å². The first-order valence-electron chi connectivity index (χ1n) is 4.30. The highest BCUT2D eigenvalue weighted by atomic mass is 32.2. The molecule has 0 bridgehead atoms. The highest BCUT2D eigenvalue weighted by molar-refractivity contribution is 8.01. The topological polar surface area (TPSA) is 17.1 Å². The molecule has 72 valence electrons. The summed E-state index contributed by atoms with van der Waals surface area (Å²) in [5.41, 5.74) is 0. The van der Waals surface area contributed by atoms with E-state index in [9.17, 15) is 4.79 Å². The van der Waals surface area contributed by atoms with Gasteiger partial charge in [0.1, 0.15) is 0 Å². The zero-order chi connectivity index (χ0) is 9.56. The van der Waals surface area contributed by atoms with Crippen LogP contribution in [0.2, 0.25) is 0 Å². The van der Waals surface area contributed by atoms with E-state index in [1.165, 1.54) is 0 Å². The van der Waals surface area contributed by atoms with E-state index >= 15 is 0 Å². The lowest BCUT2D eigenvalue weighted by Gasteiger charge is -2.16. The Labute approximate surface area is 84.1 Å². The van der Waals surface area contributed by atoms with Gasteiger partial charge >= 0.3 is 0 Å². The van der Waals surface area contributed by atoms with Gasteiger partial charge in [-0.25, -0.2) is 0 Å². The van der Waals surface area contributed by atoms with E-state index in [1.54, 1.807) is 23.5 Å². The van der Waals surface area contributed by atoms with Crippen LogP contribution in [0.5, 0.6) is 0 Å². The lowest BCUT2D eigenvalue weighted by atomic mass is 10.1. The van der Waals surface area contributed by atoms with Gasteiger partial charge in [0.05, 0.1) is 10.5 Å². The SMILES string of the molecule is CCC(SC)C(=O)C(CC)SC. The Hall–Kier alpha value is 0.370. The summed E-state index contributed by atoms with van der Waals surface area (Å²) >= 11 is 3.35. The second-order valence-electron chi connectivity index (χ2n) is 2.67. The van der Waals surface area contributed by atoms with Crippen LogP contribution in [-0.2, 0) is 4.79 Å². The van der Waals surface area contributed by atoms with Crippen molar-refractivity contribution >= 4 is 29.3 Å². The van der Waals surface area contributed by atoms with Gasteiger partial charge in [0.2, 0.25) is 0 Å². The van der Waals surface area contributed by atoms with Crippen LogP contribution < -0.4 is 0 Å². The quantitative estimate of drug-likeness (QED) is 0.665. The molecule has 0 aliphatic heterocycles. The van der Waals surface area contributed by atoms with E-state index in [0.717, 1.165) is 12.8 Å². The minimum Gasteiger partial charge on any atom is -0.297 e. The standard InChI is InChI=1S/C9H18OS2/c1-5-7(11-3)9(10)8(6-2)12-4/h7-8H,5-6H2,1-4H3. The monoisotopic (exact) mass is 206 g/mol. The molecule has 0 amide bonds. The molecular formula is C9H18OS2. The maximum Gasteiger partial charge on any atom is 0.158 e. The third kappa shape index (κ3) is 3.40. The lowest BCUT2D eigenvalue weighted by Crippen LogP contribution is -2.26. The number of hydrogen-bond acceptors (Lipinski definition) is 3. The van der Waals surface area contributed by atoms with Gasteiger partial charge in [0.15, 0.2) is 5.78 Å². The Balaban J connectivity index is 4.12. The van der Waals surface area contributed by atoms with Crippen molar-refractivity contribution in [1.29, 1.82) is 0 Å². The van der Waals surface area contributed by atoms with Crippen LogP contribution in [0, 0.1) is 0 Å². The van der Waals surface area contributed by atoms with Crippen LogP contribution in [0.1, 0.15) is 26.7 Å². The molecule has 0 saturated heterocycles. The van der Waals surface area contributed by atoms with Crippen LogP contribution in [0.3, 0.4) is 0 Å². The second-order valence-corrected chi connectivity index (χ2v) is 4.75. The van der Waals surface area contributed by atoms with Crippen molar-refractivity contribution in [2.24, 2.45) is 0 Å². The number of ketones is 1. The predicted molar refractivity (Wildman–Crippen MR) is 60.2 cm³/mol. The average Bonchev–Trinajstić information content (AvgIpc) is 2.09. The molecule has 0 aliphatic rings. The zero-order valence-electron chi connectivity index (χ0n) is 8.29. The predicted octanol–water partition coefficient (Wildman–Crippen LogP) is 2.84. The van der Waals surface area contributed by atoms with Gasteiger partial charge in [-0.3, -0.25) is 4.79 Å². The fraction of sp³-hybridized carbons (Fsp3) is 0.889. The second kappa shape index (κ2) is 6.84. The summed E-state index contributed by atoms with van der Waals surface area (Å²) in [5, 5.41) is 0.421. The molecule has 0 N–H and O–H groups in total. The van der Waals surface area contributed by atoms with Crippen molar-refractivity contribution in [3.8, 4) is 0 Å². The molecule has 0 rings (SSSR count). The minimum atomic E-state index is 0.211. The average molecular weight is 206 g/mol. The fourth-order valence-electron chi connectivity index (χ4n) is 1.18. The van der Waals surface area contributed by atoms with Crippen molar-refractivity contribution in [2.75, 3.05) is 12.5 Å². The molecular weight excluding hydrogens is 188 g/mol. The van der Waals surface area contributed by atoms with Gasteiger partial charge in [0, 0.05) is 0 Å². The Morgan fingerprint density at radius 3 is 1.58 bits per heavy atom. The molecule has 0 heterocycles. The van der Waals surface area contributed by atoms with Crippen molar-refractivity contribution in [3.63, 3.8) is 0 Å². The molecule has 0 fully saturated rings. The largest absolute Gasteiger partial charge is 0.297 e. The summed E-state index contributed by atoms with van der Waals surface area (Å²) in [6, 6.07) is 0. The molecule has 2 atom stereocenters. The highest BCUT2D eigenvalue weighted by Gasteiger charge is 2.22. The first-order valence-corrected chi connectivity index (χ1v) is 6.88. The molecule has 2 unspecified atom stereocenters. The molecule has 0 aromatic heterocycles. The highest BCUT2D eigenvalue weighted by Crippen LogP contribution is 2.21. The molecule has 0 saturated carbocycles. The number of carbonyl (C=O) groups is 1. The van der Waals surface area contributed by atoms with E-state index < -0.39 is 0 Å². The third-order valence-corrected chi connectivity index (χ3v) is 4.21. The van der Waals surface area contributed by atoms with Gasteiger partial charge < -0.3 is 0 Å². The van der Waals surface area contributed by atoms with Gasteiger partial charge in [0.25, 0.3) is 0 Å². The number of hydrogen-bond donors (Lipinski definition) is 0. The smallest absolute Gasteiger partial charge is 0.158 e. The van der Waals surface area contributed by atoms with Crippen molar-refractivity contribution in [2.45, 2.75) is 37.2 Å². The van der Waals surface area contributed by atoms with Crippen LogP contribution in [0.15, 0.2) is 0 Å². The summed E-state index contributed by atoms with van der Waals surface area (Å²) < 4.78 is 0. The number of Topliss-reactive ketones (excluding diaryl/α,β-unsaturated/α-hetero) is 1. The summed E-state index contributed by atoms with van der Waals surface area (Å²) in [4.78, 5) is 11.7. The lowest BCUT2D eigenvalue weighted by molar-refractivity contribution is -0.118. The Bertz CT molecular complexity index is 114. The molecule has 0 radical (unpaired) electrons. The third-order valence-electron chi connectivity index (χ3n) is 1.95. The Kier molecular flexibility index (Phi) is 7.05. The van der Waals surface area contributed by atoms with Crippen LogP contribution >= 0.6 is 23.5 Å². The summed E-state index contributed by atoms with van der Waals surface area (Å²) in [7, 11) is 0. The molecule has 0 aromatic carbocycles. The van der Waals surface area contributed by atoms with Crippen molar-refractivity contribution < 1.29 is 4.79 Å². The first kappa shape index (κ1) is 12.4. The molecule has 0 spiro atoms. The normalized spacial score (nSPS) is 15.7. The zero-order valence-corrected chi connectivity index (χ0v) is 9.93. The molecule has 1 nitrogen and oxygen atoms in total. The van der Waals surface area contributed by atoms with Gasteiger partial charge in [-0.1, -0.05) is 13.8 Å². The van der Waals surface area contributed by atoms with E-state index in [2.05, 4.69) is 13.8 Å². The summed E-state index contributed by atoms with van der Waals surface area (Å²) in [6.07, 6.45) is 5.94. The number of carbonyl (C=O) groups excluding carboxylic acids is 1. The number of thioether (sulfide) groups is 2. The van der Waals surface area contributed by atoms with Crippen molar-refractivity contribution in [3.05, 3.63) is 0 Å². The molecule has 0 aromatic rings. The first-order chi connectivity index (χ1) is 5.71. The van der Waals surface area contributed by atoms with Crippen LogP contribution in [-0.4, -0.2) is 28.8 Å². The maximum atomic E-state index is 11.7. The minimum absolute atomic E-state index is 0.211. The van der Waals surface area contributed by atoms with E-state index in [1.807, 2.05) is 12.5 Å². The van der Waals surface area contributed by atoms with E-state index in [4.69, 9.17) is 0 Å². The molecule has 0 aliphatic carbocycles. The molecule has 12 heavy (non-hydrogen) atoms. The van der Waals surface area contributed by atoms with Crippen LogP contribution in [0.4, 0.5) is 0 Å².